The van der Waals surface area contributed by atoms with Crippen LogP contribution in [0.5, 0.6) is 0 Å². The molecule has 2 aromatic heterocycles. The average Bonchev–Trinajstić information content (AvgIpc) is 2.66. The molecule has 0 aromatic carbocycles. The van der Waals surface area contributed by atoms with Crippen LogP contribution in [0.1, 0.15) is 50.5 Å². The van der Waals surface area contributed by atoms with Crippen LogP contribution in [-0.4, -0.2) is 26.3 Å². The van der Waals surface area contributed by atoms with Gasteiger partial charge in [0.1, 0.15) is 11.6 Å². The highest BCUT2D eigenvalue weighted by molar-refractivity contribution is 5.43. The van der Waals surface area contributed by atoms with E-state index in [1.807, 2.05) is 17.7 Å². The second-order valence-electron chi connectivity index (χ2n) is 6.42. The fourth-order valence-electron chi connectivity index (χ4n) is 2.09. The summed E-state index contributed by atoms with van der Waals surface area (Å²) in [5.74, 6) is 2.48. The molecule has 5 nitrogen and oxygen atoms in total. The molecule has 0 amide bonds. The molecule has 2 aromatic rings. The van der Waals surface area contributed by atoms with Crippen LogP contribution in [-0.2, 0) is 5.41 Å². The van der Waals surface area contributed by atoms with Crippen molar-refractivity contribution in [2.75, 3.05) is 11.9 Å². The summed E-state index contributed by atoms with van der Waals surface area (Å²) in [6.07, 6.45) is 0. The van der Waals surface area contributed by atoms with Crippen LogP contribution in [0, 0.1) is 20.8 Å². The van der Waals surface area contributed by atoms with Crippen LogP contribution < -0.4 is 5.32 Å². The van der Waals surface area contributed by atoms with Crippen molar-refractivity contribution >= 4 is 5.82 Å². The van der Waals surface area contributed by atoms with Crippen LogP contribution in [0.2, 0.25) is 0 Å². The predicted octanol–water partition coefficient (Wildman–Crippen LogP) is 3.32. The second-order valence-corrected chi connectivity index (χ2v) is 6.42. The van der Waals surface area contributed by atoms with Crippen molar-refractivity contribution in [3.8, 4) is 5.82 Å². The zero-order valence-electron chi connectivity index (χ0n) is 14.1. The maximum absolute atomic E-state index is 4.72. The molecule has 114 valence electrons. The molecule has 0 radical (unpaired) electrons. The Labute approximate surface area is 126 Å². The van der Waals surface area contributed by atoms with Gasteiger partial charge in [0, 0.05) is 23.7 Å². The molecule has 0 saturated carbocycles. The van der Waals surface area contributed by atoms with Gasteiger partial charge < -0.3 is 5.32 Å². The van der Waals surface area contributed by atoms with Crippen molar-refractivity contribution in [3.63, 3.8) is 0 Å². The molecular formula is C16H25N5. The van der Waals surface area contributed by atoms with Crippen molar-refractivity contribution in [2.45, 2.75) is 53.9 Å². The molecule has 0 atom stereocenters. The Morgan fingerprint density at radius 1 is 1.14 bits per heavy atom. The van der Waals surface area contributed by atoms with E-state index in [1.165, 1.54) is 5.56 Å². The van der Waals surface area contributed by atoms with Gasteiger partial charge in [-0.1, -0.05) is 20.8 Å². The maximum atomic E-state index is 4.72. The molecule has 2 heterocycles. The highest BCUT2D eigenvalue weighted by Crippen LogP contribution is 2.23. The van der Waals surface area contributed by atoms with E-state index in [4.69, 9.17) is 4.98 Å². The van der Waals surface area contributed by atoms with Gasteiger partial charge in [-0.3, -0.25) is 0 Å². The normalized spacial score (nSPS) is 11.8. The first-order valence-corrected chi connectivity index (χ1v) is 7.40. The number of hydrogen-bond acceptors (Lipinski definition) is 4. The van der Waals surface area contributed by atoms with Crippen LogP contribution in [0.3, 0.4) is 0 Å². The zero-order valence-corrected chi connectivity index (χ0v) is 14.1. The van der Waals surface area contributed by atoms with Crippen LogP contribution in [0.4, 0.5) is 5.82 Å². The minimum Gasteiger partial charge on any atom is -0.370 e. The molecule has 1 N–H and O–H groups in total. The molecule has 21 heavy (non-hydrogen) atoms. The van der Waals surface area contributed by atoms with Gasteiger partial charge in [-0.15, -0.1) is 0 Å². The Balaban J connectivity index is 2.62. The zero-order chi connectivity index (χ0) is 15.8. The third-order valence-electron chi connectivity index (χ3n) is 3.61. The first-order valence-electron chi connectivity index (χ1n) is 7.40. The minimum atomic E-state index is -0.106. The summed E-state index contributed by atoms with van der Waals surface area (Å²) in [5, 5.41) is 7.88. The molecular weight excluding hydrogens is 262 g/mol. The Morgan fingerprint density at radius 3 is 2.29 bits per heavy atom. The molecule has 5 heteroatoms. The topological polar surface area (TPSA) is 55.6 Å². The number of aromatic nitrogens is 4. The molecule has 0 aliphatic carbocycles. The predicted molar refractivity (Wildman–Crippen MR) is 86.2 cm³/mol. The first-order chi connectivity index (χ1) is 9.74. The highest BCUT2D eigenvalue weighted by Gasteiger charge is 2.20. The van der Waals surface area contributed by atoms with Crippen molar-refractivity contribution in [3.05, 3.63) is 28.8 Å². The number of aryl methyl sites for hydroxylation is 1. The monoisotopic (exact) mass is 287 g/mol. The lowest BCUT2D eigenvalue weighted by Crippen LogP contribution is -2.19. The molecule has 0 bridgehead atoms. The summed E-state index contributed by atoms with van der Waals surface area (Å²) in [6, 6.07) is 1.96. The van der Waals surface area contributed by atoms with E-state index in [2.05, 4.69) is 56.9 Å². The van der Waals surface area contributed by atoms with Crippen LogP contribution >= 0.6 is 0 Å². The smallest absolute Gasteiger partial charge is 0.159 e. The molecule has 0 spiro atoms. The van der Waals surface area contributed by atoms with E-state index in [9.17, 15) is 0 Å². The van der Waals surface area contributed by atoms with Crippen molar-refractivity contribution < 1.29 is 0 Å². The van der Waals surface area contributed by atoms with Gasteiger partial charge >= 0.3 is 0 Å². The van der Waals surface area contributed by atoms with Gasteiger partial charge in [0.05, 0.1) is 5.69 Å². The van der Waals surface area contributed by atoms with Gasteiger partial charge in [0.2, 0.25) is 0 Å². The number of nitrogens with zero attached hydrogens (tertiary/aromatic N) is 4. The minimum absolute atomic E-state index is 0.106. The Kier molecular flexibility index (Phi) is 4.03. The van der Waals surface area contributed by atoms with E-state index in [0.717, 1.165) is 35.4 Å². The summed E-state index contributed by atoms with van der Waals surface area (Å²) in [6.45, 7) is 15.4. The van der Waals surface area contributed by atoms with Crippen molar-refractivity contribution in [2.24, 2.45) is 0 Å². The second kappa shape index (κ2) is 5.47. The van der Waals surface area contributed by atoms with E-state index in [1.54, 1.807) is 0 Å². The third kappa shape index (κ3) is 3.06. The van der Waals surface area contributed by atoms with E-state index >= 15 is 0 Å². The number of anilines is 1. The van der Waals surface area contributed by atoms with Crippen molar-refractivity contribution in [1.29, 1.82) is 0 Å². The highest BCUT2D eigenvalue weighted by atomic mass is 15.3. The van der Waals surface area contributed by atoms with Crippen LogP contribution in [0.15, 0.2) is 6.07 Å². The summed E-state index contributed by atoms with van der Waals surface area (Å²) in [4.78, 5) is 9.34. The van der Waals surface area contributed by atoms with Gasteiger partial charge in [0.15, 0.2) is 5.82 Å². The number of hydrogen-bond donors (Lipinski definition) is 1. The fraction of sp³-hybridized carbons (Fsp3) is 0.562. The maximum Gasteiger partial charge on any atom is 0.159 e. The van der Waals surface area contributed by atoms with Crippen molar-refractivity contribution in [1.82, 2.24) is 19.7 Å². The van der Waals surface area contributed by atoms with E-state index in [0.29, 0.717) is 0 Å². The molecule has 0 fully saturated rings. The van der Waals surface area contributed by atoms with Gasteiger partial charge in [0.25, 0.3) is 0 Å². The van der Waals surface area contributed by atoms with Gasteiger partial charge in [-0.2, -0.15) is 5.10 Å². The number of nitrogens with one attached hydrogen (secondary N) is 1. The lowest BCUT2D eigenvalue weighted by Gasteiger charge is -2.19. The SMILES string of the molecule is CCNc1cc(-n2nc(C)c(C)c2C)nc(C(C)(C)C)n1. The average molecular weight is 287 g/mol. The first kappa shape index (κ1) is 15.5. The quantitative estimate of drug-likeness (QED) is 0.941. The summed E-state index contributed by atoms with van der Waals surface area (Å²) in [5.41, 5.74) is 3.25. The molecule has 0 saturated heterocycles. The fourth-order valence-corrected chi connectivity index (χ4v) is 2.09. The largest absolute Gasteiger partial charge is 0.370 e. The number of rotatable bonds is 3. The summed E-state index contributed by atoms with van der Waals surface area (Å²) < 4.78 is 1.91. The molecule has 2 rings (SSSR count). The summed E-state index contributed by atoms with van der Waals surface area (Å²) >= 11 is 0. The lowest BCUT2D eigenvalue weighted by molar-refractivity contribution is 0.542. The van der Waals surface area contributed by atoms with Crippen LogP contribution in [0.25, 0.3) is 5.82 Å². The molecule has 0 aliphatic rings. The lowest BCUT2D eigenvalue weighted by atomic mass is 9.96. The Bertz CT molecular complexity index is 649. The standard InChI is InChI=1S/C16H25N5/c1-8-17-13-9-14(19-15(18-13)16(5,6)7)21-12(4)10(2)11(3)20-21/h9H,8H2,1-7H3,(H,17,18,19). The van der Waals surface area contributed by atoms with E-state index < -0.39 is 0 Å². The Hall–Kier alpha value is -1.91. The Morgan fingerprint density at radius 2 is 1.81 bits per heavy atom. The van der Waals surface area contributed by atoms with Gasteiger partial charge in [-0.05, 0) is 33.3 Å². The third-order valence-corrected chi connectivity index (χ3v) is 3.61. The van der Waals surface area contributed by atoms with Gasteiger partial charge in [-0.25, -0.2) is 14.6 Å². The molecule has 0 aliphatic heterocycles. The van der Waals surface area contributed by atoms with E-state index in [-0.39, 0.29) is 5.41 Å². The summed E-state index contributed by atoms with van der Waals surface area (Å²) in [7, 11) is 0. The molecule has 0 unspecified atom stereocenters.